The van der Waals surface area contributed by atoms with Gasteiger partial charge in [-0.15, -0.1) is 0 Å². The number of hydrogen-bond acceptors (Lipinski definition) is 2. The molecule has 3 nitrogen and oxygen atoms in total. The Balaban J connectivity index is 2.07. The van der Waals surface area contributed by atoms with Crippen molar-refractivity contribution in [3.05, 3.63) is 34.9 Å². The van der Waals surface area contributed by atoms with Gasteiger partial charge in [0.1, 0.15) is 0 Å². The zero-order valence-corrected chi connectivity index (χ0v) is 12.0. The zero-order valence-electron chi connectivity index (χ0n) is 12.0. The highest BCUT2D eigenvalue weighted by molar-refractivity contribution is 5.96. The summed E-state index contributed by atoms with van der Waals surface area (Å²) in [7, 11) is 0. The van der Waals surface area contributed by atoms with Crippen LogP contribution in [0.15, 0.2) is 18.2 Å². The summed E-state index contributed by atoms with van der Waals surface area (Å²) in [6.45, 7) is 6.10. The van der Waals surface area contributed by atoms with Crippen molar-refractivity contribution in [1.82, 2.24) is 10.6 Å². The number of rotatable bonds is 5. The van der Waals surface area contributed by atoms with E-state index in [2.05, 4.69) is 30.5 Å². The van der Waals surface area contributed by atoms with Gasteiger partial charge in [-0.1, -0.05) is 31.9 Å². The van der Waals surface area contributed by atoms with Crippen LogP contribution in [0, 0.1) is 0 Å². The average molecular weight is 260 g/mol. The molecule has 2 N–H and O–H groups in total. The molecule has 0 aromatic heterocycles. The van der Waals surface area contributed by atoms with Gasteiger partial charge in [0.25, 0.3) is 5.91 Å². The summed E-state index contributed by atoms with van der Waals surface area (Å²) in [5.41, 5.74) is 3.35. The molecule has 0 spiro atoms. The molecule has 0 saturated carbocycles. The Kier molecular flexibility index (Phi) is 4.97. The van der Waals surface area contributed by atoms with Gasteiger partial charge in [0.05, 0.1) is 0 Å². The lowest BCUT2D eigenvalue weighted by Crippen LogP contribution is -2.34. The van der Waals surface area contributed by atoms with Crippen molar-refractivity contribution in [1.29, 1.82) is 0 Å². The van der Waals surface area contributed by atoms with Gasteiger partial charge in [-0.3, -0.25) is 4.79 Å². The van der Waals surface area contributed by atoms with E-state index in [-0.39, 0.29) is 11.9 Å². The Morgan fingerprint density at radius 3 is 3.11 bits per heavy atom. The van der Waals surface area contributed by atoms with Crippen molar-refractivity contribution < 1.29 is 4.79 Å². The number of hydrogen-bond donors (Lipinski definition) is 2. The summed E-state index contributed by atoms with van der Waals surface area (Å²) < 4.78 is 0. The molecule has 1 aromatic rings. The summed E-state index contributed by atoms with van der Waals surface area (Å²) in [4.78, 5) is 12.4. The molecular formula is C16H24N2O. The second-order valence-corrected chi connectivity index (χ2v) is 5.39. The second-order valence-electron chi connectivity index (χ2n) is 5.39. The Hall–Kier alpha value is -1.35. The lowest BCUT2D eigenvalue weighted by atomic mass is 9.95. The van der Waals surface area contributed by atoms with Crippen LogP contribution in [-0.4, -0.2) is 18.5 Å². The van der Waals surface area contributed by atoms with Crippen LogP contribution in [0.3, 0.4) is 0 Å². The standard InChI is InChI=1S/C16H24N2O/c1-3-4-6-12(2)18-16(19)15-8-5-7-13-11-17-10-9-14(13)15/h5,7-8,12,17H,3-4,6,9-11H2,1-2H3,(H,18,19). The molecule has 104 valence electrons. The van der Waals surface area contributed by atoms with E-state index in [0.29, 0.717) is 0 Å². The number of carbonyl (C=O) groups is 1. The highest BCUT2D eigenvalue weighted by Gasteiger charge is 2.18. The molecule has 0 radical (unpaired) electrons. The van der Waals surface area contributed by atoms with Crippen molar-refractivity contribution >= 4 is 5.91 Å². The van der Waals surface area contributed by atoms with Crippen molar-refractivity contribution in [2.24, 2.45) is 0 Å². The van der Waals surface area contributed by atoms with Crippen LogP contribution < -0.4 is 10.6 Å². The van der Waals surface area contributed by atoms with E-state index < -0.39 is 0 Å². The molecule has 1 amide bonds. The van der Waals surface area contributed by atoms with Crippen LogP contribution in [0.4, 0.5) is 0 Å². The minimum absolute atomic E-state index is 0.0855. The largest absolute Gasteiger partial charge is 0.350 e. The number of unbranched alkanes of at least 4 members (excludes halogenated alkanes) is 1. The number of amides is 1. The molecule has 3 heteroatoms. The van der Waals surface area contributed by atoms with Crippen LogP contribution >= 0.6 is 0 Å². The molecule has 0 fully saturated rings. The minimum atomic E-state index is 0.0855. The first-order chi connectivity index (χ1) is 9.22. The van der Waals surface area contributed by atoms with Crippen LogP contribution in [0.25, 0.3) is 0 Å². The molecule has 1 atom stereocenters. The van der Waals surface area contributed by atoms with Crippen LogP contribution in [0.5, 0.6) is 0 Å². The molecule has 1 heterocycles. The third-order valence-corrected chi connectivity index (χ3v) is 3.75. The second kappa shape index (κ2) is 6.71. The first-order valence-corrected chi connectivity index (χ1v) is 7.34. The normalized spacial score (nSPS) is 15.7. The van der Waals surface area contributed by atoms with E-state index in [4.69, 9.17) is 0 Å². The average Bonchev–Trinajstić information content (AvgIpc) is 2.44. The summed E-state index contributed by atoms with van der Waals surface area (Å²) in [5.74, 6) is 0.0855. The van der Waals surface area contributed by atoms with Gasteiger partial charge in [-0.05, 0) is 43.5 Å². The summed E-state index contributed by atoms with van der Waals surface area (Å²) in [6, 6.07) is 6.30. The first-order valence-electron chi connectivity index (χ1n) is 7.34. The van der Waals surface area contributed by atoms with Gasteiger partial charge in [0, 0.05) is 18.2 Å². The third-order valence-electron chi connectivity index (χ3n) is 3.75. The maximum atomic E-state index is 12.4. The quantitative estimate of drug-likeness (QED) is 0.854. The van der Waals surface area contributed by atoms with Crippen LogP contribution in [0.2, 0.25) is 0 Å². The number of carbonyl (C=O) groups excluding carboxylic acids is 1. The number of fused-ring (bicyclic) bond motifs is 1. The first kappa shape index (κ1) is 14.1. The van der Waals surface area contributed by atoms with E-state index in [1.54, 1.807) is 0 Å². The Morgan fingerprint density at radius 2 is 2.32 bits per heavy atom. The fraction of sp³-hybridized carbons (Fsp3) is 0.562. The number of benzene rings is 1. The molecule has 1 aliphatic heterocycles. The van der Waals surface area contributed by atoms with E-state index in [1.807, 2.05) is 12.1 Å². The van der Waals surface area contributed by atoms with E-state index in [9.17, 15) is 4.79 Å². The van der Waals surface area contributed by atoms with Crippen molar-refractivity contribution in [2.45, 2.75) is 52.1 Å². The smallest absolute Gasteiger partial charge is 0.251 e. The molecular weight excluding hydrogens is 236 g/mol. The van der Waals surface area contributed by atoms with Gasteiger partial charge >= 0.3 is 0 Å². The highest BCUT2D eigenvalue weighted by atomic mass is 16.1. The fourth-order valence-electron chi connectivity index (χ4n) is 2.63. The maximum Gasteiger partial charge on any atom is 0.251 e. The topological polar surface area (TPSA) is 41.1 Å². The molecule has 2 rings (SSSR count). The van der Waals surface area contributed by atoms with Gasteiger partial charge in [-0.25, -0.2) is 0 Å². The van der Waals surface area contributed by atoms with Crippen molar-refractivity contribution in [2.75, 3.05) is 6.54 Å². The predicted octanol–water partition coefficient (Wildman–Crippen LogP) is 2.64. The summed E-state index contributed by atoms with van der Waals surface area (Å²) >= 11 is 0. The van der Waals surface area contributed by atoms with Gasteiger partial charge < -0.3 is 10.6 Å². The molecule has 0 bridgehead atoms. The van der Waals surface area contributed by atoms with Gasteiger partial charge in [0.2, 0.25) is 0 Å². The molecule has 1 unspecified atom stereocenters. The van der Waals surface area contributed by atoms with Crippen molar-refractivity contribution in [3.63, 3.8) is 0 Å². The molecule has 0 aliphatic carbocycles. The summed E-state index contributed by atoms with van der Waals surface area (Å²) in [5, 5.41) is 6.47. The Labute approximate surface area is 115 Å². The zero-order chi connectivity index (χ0) is 13.7. The van der Waals surface area contributed by atoms with Gasteiger partial charge in [0.15, 0.2) is 0 Å². The number of nitrogens with one attached hydrogen (secondary N) is 2. The minimum Gasteiger partial charge on any atom is -0.350 e. The van der Waals surface area contributed by atoms with Crippen LogP contribution in [0.1, 0.15) is 54.6 Å². The van der Waals surface area contributed by atoms with Gasteiger partial charge in [-0.2, -0.15) is 0 Å². The Bertz CT molecular complexity index is 442. The van der Waals surface area contributed by atoms with E-state index in [1.165, 1.54) is 17.5 Å². The highest BCUT2D eigenvalue weighted by Crippen LogP contribution is 2.18. The van der Waals surface area contributed by atoms with E-state index >= 15 is 0 Å². The Morgan fingerprint density at radius 1 is 1.47 bits per heavy atom. The molecule has 0 saturated heterocycles. The SMILES string of the molecule is CCCCC(C)NC(=O)c1cccc2c1CCNC2. The molecule has 1 aliphatic rings. The van der Waals surface area contributed by atoms with Crippen LogP contribution in [-0.2, 0) is 13.0 Å². The lowest BCUT2D eigenvalue weighted by molar-refractivity contribution is 0.0936. The van der Waals surface area contributed by atoms with Crippen molar-refractivity contribution in [3.8, 4) is 0 Å². The fourth-order valence-corrected chi connectivity index (χ4v) is 2.63. The third kappa shape index (κ3) is 3.57. The van der Waals surface area contributed by atoms with E-state index in [0.717, 1.165) is 37.9 Å². The molecule has 1 aromatic carbocycles. The molecule has 19 heavy (non-hydrogen) atoms. The maximum absolute atomic E-state index is 12.4. The monoisotopic (exact) mass is 260 g/mol. The lowest BCUT2D eigenvalue weighted by Gasteiger charge is -2.21. The predicted molar refractivity (Wildman–Crippen MR) is 78.3 cm³/mol. The summed E-state index contributed by atoms with van der Waals surface area (Å²) in [6.07, 6.45) is 4.34.